The third-order valence-corrected chi connectivity index (χ3v) is 11.4. The van der Waals surface area contributed by atoms with E-state index < -0.39 is 6.10 Å². The Balaban J connectivity index is 4.30. The fraction of sp³-hybridized carbons (Fsp3) is 0.868. The normalized spacial score (nSPS) is 12.1. The summed E-state index contributed by atoms with van der Waals surface area (Å²) in [6, 6.07) is 0. The molecule has 1 unspecified atom stereocenters. The van der Waals surface area contributed by atoms with Gasteiger partial charge in [0, 0.05) is 19.3 Å². The van der Waals surface area contributed by atoms with Crippen molar-refractivity contribution in [2.75, 3.05) is 13.2 Å². The van der Waals surface area contributed by atoms with E-state index in [9.17, 15) is 14.4 Å². The van der Waals surface area contributed by atoms with Crippen LogP contribution in [0.25, 0.3) is 0 Å². The summed E-state index contributed by atoms with van der Waals surface area (Å²) >= 11 is 0. The minimum atomic E-state index is -0.773. The Kier molecular flexibility index (Phi) is 46.8. The molecule has 0 aromatic rings. The SMILES string of the molecule is CCC/C=C\CCCCCCCC(=O)OCC(COC(=O)CCCCCCCCCCCCCCCCCCC)OC(=O)CCCCCCC/C=C\CCCCCCC. The number of unbranched alkanes of at least 4 members (excludes halogenated alkanes) is 32. The van der Waals surface area contributed by atoms with E-state index in [1.165, 1.54) is 161 Å². The zero-order valence-electron chi connectivity index (χ0n) is 39.5. The summed E-state index contributed by atoms with van der Waals surface area (Å²) < 4.78 is 16.8. The smallest absolute Gasteiger partial charge is 0.306 e. The van der Waals surface area contributed by atoms with Gasteiger partial charge in [-0.1, -0.05) is 218 Å². The monoisotopic (exact) mass is 831 g/mol. The lowest BCUT2D eigenvalue weighted by Gasteiger charge is -2.18. The van der Waals surface area contributed by atoms with E-state index in [1.807, 2.05) is 0 Å². The van der Waals surface area contributed by atoms with Crippen LogP contribution in [-0.4, -0.2) is 37.2 Å². The van der Waals surface area contributed by atoms with Gasteiger partial charge in [-0.25, -0.2) is 0 Å². The lowest BCUT2D eigenvalue weighted by molar-refractivity contribution is -0.167. The van der Waals surface area contributed by atoms with Gasteiger partial charge < -0.3 is 14.2 Å². The van der Waals surface area contributed by atoms with Crippen molar-refractivity contribution in [1.29, 1.82) is 0 Å². The molecule has 0 aliphatic heterocycles. The molecule has 59 heavy (non-hydrogen) atoms. The van der Waals surface area contributed by atoms with Crippen molar-refractivity contribution in [1.82, 2.24) is 0 Å². The summed E-state index contributed by atoms with van der Waals surface area (Å²) in [6.07, 6.45) is 54.5. The van der Waals surface area contributed by atoms with Crippen LogP contribution in [0.4, 0.5) is 0 Å². The Morgan fingerprint density at radius 3 is 0.915 bits per heavy atom. The van der Waals surface area contributed by atoms with Crippen molar-refractivity contribution in [2.45, 2.75) is 284 Å². The predicted molar refractivity (Wildman–Crippen MR) is 252 cm³/mol. The third-order valence-electron chi connectivity index (χ3n) is 11.4. The van der Waals surface area contributed by atoms with Gasteiger partial charge in [-0.15, -0.1) is 0 Å². The highest BCUT2D eigenvalue weighted by molar-refractivity contribution is 5.71. The maximum absolute atomic E-state index is 12.8. The van der Waals surface area contributed by atoms with E-state index in [1.54, 1.807) is 0 Å². The van der Waals surface area contributed by atoms with E-state index in [0.717, 1.165) is 77.0 Å². The molecule has 0 spiro atoms. The zero-order valence-corrected chi connectivity index (χ0v) is 39.5. The summed E-state index contributed by atoms with van der Waals surface area (Å²) in [5.41, 5.74) is 0. The van der Waals surface area contributed by atoms with Gasteiger partial charge in [0.1, 0.15) is 13.2 Å². The number of rotatable bonds is 47. The quantitative estimate of drug-likeness (QED) is 0.0263. The van der Waals surface area contributed by atoms with Crippen molar-refractivity contribution in [3.63, 3.8) is 0 Å². The molecule has 0 N–H and O–H groups in total. The van der Waals surface area contributed by atoms with Crippen LogP contribution in [0.2, 0.25) is 0 Å². The first-order chi connectivity index (χ1) is 29.0. The van der Waals surface area contributed by atoms with Gasteiger partial charge in [0.15, 0.2) is 6.10 Å². The van der Waals surface area contributed by atoms with Crippen LogP contribution in [-0.2, 0) is 28.6 Å². The number of hydrogen-bond acceptors (Lipinski definition) is 6. The lowest BCUT2D eigenvalue weighted by Crippen LogP contribution is -2.30. The Morgan fingerprint density at radius 2 is 0.593 bits per heavy atom. The maximum atomic E-state index is 12.8. The Morgan fingerprint density at radius 1 is 0.322 bits per heavy atom. The van der Waals surface area contributed by atoms with Crippen LogP contribution >= 0.6 is 0 Å². The topological polar surface area (TPSA) is 78.9 Å². The fourth-order valence-electron chi connectivity index (χ4n) is 7.50. The average Bonchev–Trinajstić information content (AvgIpc) is 3.23. The van der Waals surface area contributed by atoms with Crippen LogP contribution in [0.1, 0.15) is 278 Å². The number of carbonyl (C=O) groups is 3. The van der Waals surface area contributed by atoms with Crippen molar-refractivity contribution in [3.05, 3.63) is 24.3 Å². The average molecular weight is 831 g/mol. The molecule has 1 atom stereocenters. The molecule has 0 amide bonds. The van der Waals surface area contributed by atoms with Gasteiger partial charge in [0.05, 0.1) is 0 Å². The first-order valence-corrected chi connectivity index (χ1v) is 25.8. The minimum Gasteiger partial charge on any atom is -0.462 e. The molecule has 0 bridgehead atoms. The Bertz CT molecular complexity index is 958. The van der Waals surface area contributed by atoms with Gasteiger partial charge in [-0.05, 0) is 64.2 Å². The maximum Gasteiger partial charge on any atom is 0.306 e. The molecule has 346 valence electrons. The predicted octanol–water partition coefficient (Wildman–Crippen LogP) is 16.8. The van der Waals surface area contributed by atoms with E-state index in [2.05, 4.69) is 45.1 Å². The summed E-state index contributed by atoms with van der Waals surface area (Å²) in [6.45, 7) is 6.58. The lowest BCUT2D eigenvalue weighted by atomic mass is 10.0. The first-order valence-electron chi connectivity index (χ1n) is 25.8. The van der Waals surface area contributed by atoms with Crippen molar-refractivity contribution in [2.24, 2.45) is 0 Å². The van der Waals surface area contributed by atoms with Gasteiger partial charge in [-0.3, -0.25) is 14.4 Å². The Hall–Kier alpha value is -2.11. The number of esters is 3. The molecule has 0 saturated carbocycles. The second kappa shape index (κ2) is 48.6. The van der Waals surface area contributed by atoms with Crippen molar-refractivity contribution in [3.8, 4) is 0 Å². The van der Waals surface area contributed by atoms with Crippen LogP contribution in [0, 0.1) is 0 Å². The largest absolute Gasteiger partial charge is 0.462 e. The van der Waals surface area contributed by atoms with Crippen LogP contribution in [0.5, 0.6) is 0 Å². The van der Waals surface area contributed by atoms with Gasteiger partial charge in [0.25, 0.3) is 0 Å². The summed E-state index contributed by atoms with van der Waals surface area (Å²) in [7, 11) is 0. The molecule has 0 rings (SSSR count). The summed E-state index contributed by atoms with van der Waals surface area (Å²) in [5, 5.41) is 0. The van der Waals surface area contributed by atoms with Gasteiger partial charge in [-0.2, -0.15) is 0 Å². The van der Waals surface area contributed by atoms with Crippen molar-refractivity contribution >= 4 is 17.9 Å². The molecule has 0 aromatic carbocycles. The van der Waals surface area contributed by atoms with Gasteiger partial charge in [0.2, 0.25) is 0 Å². The molecular weight excluding hydrogens is 733 g/mol. The second-order valence-corrected chi connectivity index (χ2v) is 17.4. The van der Waals surface area contributed by atoms with Crippen LogP contribution in [0.3, 0.4) is 0 Å². The molecule has 0 aromatic heterocycles. The number of allylic oxidation sites excluding steroid dienone is 4. The third kappa shape index (κ3) is 46.8. The Labute approximate surface area is 366 Å². The van der Waals surface area contributed by atoms with E-state index in [-0.39, 0.29) is 31.1 Å². The summed E-state index contributed by atoms with van der Waals surface area (Å²) in [4.78, 5) is 37.9. The molecular formula is C53H98O6. The summed E-state index contributed by atoms with van der Waals surface area (Å²) in [5.74, 6) is -0.882. The van der Waals surface area contributed by atoms with E-state index >= 15 is 0 Å². The van der Waals surface area contributed by atoms with Crippen LogP contribution in [0.15, 0.2) is 24.3 Å². The fourth-order valence-corrected chi connectivity index (χ4v) is 7.50. The van der Waals surface area contributed by atoms with E-state index in [4.69, 9.17) is 14.2 Å². The molecule has 6 nitrogen and oxygen atoms in total. The number of hydrogen-bond donors (Lipinski definition) is 0. The molecule has 0 heterocycles. The highest BCUT2D eigenvalue weighted by Crippen LogP contribution is 2.16. The standard InChI is InChI=1S/C53H98O6/c1-4-7-10-13-16-19-22-24-26-27-28-30-31-34-37-40-43-46-52(55)58-49-50(48-57-51(54)45-42-39-36-33-21-18-15-12-9-6-3)59-53(56)47-44-41-38-35-32-29-25-23-20-17-14-11-8-5-2/h12,15,23,25,50H,4-11,13-14,16-22,24,26-49H2,1-3H3/b15-12-,25-23-. The van der Waals surface area contributed by atoms with E-state index in [0.29, 0.717) is 19.3 Å². The molecule has 0 aliphatic carbocycles. The number of ether oxygens (including phenoxy) is 3. The highest BCUT2D eigenvalue weighted by atomic mass is 16.6. The second-order valence-electron chi connectivity index (χ2n) is 17.4. The van der Waals surface area contributed by atoms with Gasteiger partial charge >= 0.3 is 17.9 Å². The molecule has 0 saturated heterocycles. The van der Waals surface area contributed by atoms with Crippen LogP contribution < -0.4 is 0 Å². The molecule has 0 radical (unpaired) electrons. The zero-order chi connectivity index (χ0) is 43.0. The molecule has 0 fully saturated rings. The highest BCUT2D eigenvalue weighted by Gasteiger charge is 2.19. The number of carbonyl (C=O) groups excluding carboxylic acids is 3. The molecule has 6 heteroatoms. The minimum absolute atomic E-state index is 0.0736. The first kappa shape index (κ1) is 56.9. The van der Waals surface area contributed by atoms with Crippen molar-refractivity contribution < 1.29 is 28.6 Å². The molecule has 0 aliphatic rings.